The molecule has 5 nitrogen and oxygen atoms in total. The van der Waals surface area contributed by atoms with Gasteiger partial charge in [0.15, 0.2) is 0 Å². The van der Waals surface area contributed by atoms with Crippen molar-refractivity contribution in [2.45, 2.75) is 25.3 Å². The first kappa shape index (κ1) is 23.6. The third-order valence-corrected chi connectivity index (χ3v) is 6.42. The molecule has 1 aromatic heterocycles. The molecular formula is C26H27Cl2N3O2. The van der Waals surface area contributed by atoms with Gasteiger partial charge in [-0.2, -0.15) is 0 Å². The maximum Gasteiger partial charge on any atom is 0.223 e. The fraction of sp³-hybridized carbons (Fsp3) is 0.308. The van der Waals surface area contributed by atoms with Crippen LogP contribution in [0.25, 0.3) is 11.1 Å². The molecule has 0 unspecified atom stereocenters. The second-order valence-corrected chi connectivity index (χ2v) is 8.94. The van der Waals surface area contributed by atoms with E-state index < -0.39 is 0 Å². The van der Waals surface area contributed by atoms with Gasteiger partial charge in [-0.15, -0.1) is 0 Å². The molecule has 1 aliphatic rings. The molecular weight excluding hydrogens is 457 g/mol. The molecule has 0 radical (unpaired) electrons. The Labute approximate surface area is 204 Å². The van der Waals surface area contributed by atoms with Crippen molar-refractivity contribution in [2.75, 3.05) is 19.7 Å². The lowest BCUT2D eigenvalue weighted by Gasteiger charge is -2.26. The van der Waals surface area contributed by atoms with Gasteiger partial charge in [0.1, 0.15) is 5.75 Å². The maximum atomic E-state index is 13.1. The van der Waals surface area contributed by atoms with Gasteiger partial charge in [-0.3, -0.25) is 9.78 Å². The van der Waals surface area contributed by atoms with E-state index in [0.29, 0.717) is 28.8 Å². The van der Waals surface area contributed by atoms with Crippen LogP contribution < -0.4 is 15.4 Å². The number of ether oxygens (including phenoxy) is 1. The lowest BCUT2D eigenvalue weighted by molar-refractivity contribution is -0.126. The summed E-state index contributed by atoms with van der Waals surface area (Å²) >= 11 is 12.3. The summed E-state index contributed by atoms with van der Waals surface area (Å²) in [5.74, 6) is 0.689. The first-order chi connectivity index (χ1) is 16.1. The van der Waals surface area contributed by atoms with Gasteiger partial charge in [-0.25, -0.2) is 0 Å². The van der Waals surface area contributed by atoms with E-state index in [9.17, 15) is 4.79 Å². The number of amides is 1. The number of nitrogens with zero attached hydrogens (tertiary/aromatic N) is 1. The minimum atomic E-state index is -0.304. The first-order valence-corrected chi connectivity index (χ1v) is 12.0. The molecule has 7 heteroatoms. The summed E-state index contributed by atoms with van der Waals surface area (Å²) in [6.07, 6.45) is 3.98. The highest BCUT2D eigenvalue weighted by Crippen LogP contribution is 2.30. The number of aromatic nitrogens is 1. The third kappa shape index (κ3) is 6.26. The highest BCUT2D eigenvalue weighted by Gasteiger charge is 2.26. The molecule has 1 saturated heterocycles. The number of rotatable bonds is 8. The third-order valence-electron chi connectivity index (χ3n) is 5.85. The van der Waals surface area contributed by atoms with Crippen molar-refractivity contribution < 1.29 is 9.53 Å². The minimum Gasteiger partial charge on any atom is -0.492 e. The zero-order valence-corrected chi connectivity index (χ0v) is 19.8. The van der Waals surface area contributed by atoms with Crippen LogP contribution >= 0.6 is 23.2 Å². The molecule has 1 fully saturated rings. The van der Waals surface area contributed by atoms with E-state index in [0.717, 1.165) is 42.8 Å². The Bertz CT molecular complexity index is 1070. The van der Waals surface area contributed by atoms with Gasteiger partial charge in [-0.1, -0.05) is 53.5 Å². The van der Waals surface area contributed by atoms with E-state index >= 15 is 0 Å². The summed E-state index contributed by atoms with van der Waals surface area (Å²) < 4.78 is 5.94. The monoisotopic (exact) mass is 483 g/mol. The van der Waals surface area contributed by atoms with Crippen LogP contribution in [0.2, 0.25) is 10.0 Å². The number of para-hydroxylation sites is 1. The largest absolute Gasteiger partial charge is 0.492 e. The van der Waals surface area contributed by atoms with Crippen LogP contribution in [0.5, 0.6) is 5.75 Å². The Hall–Kier alpha value is -2.60. The molecule has 0 aliphatic carbocycles. The molecule has 2 aromatic carbocycles. The van der Waals surface area contributed by atoms with Crippen LogP contribution in [0.3, 0.4) is 0 Å². The van der Waals surface area contributed by atoms with Crippen LogP contribution in [-0.4, -0.2) is 30.6 Å². The van der Waals surface area contributed by atoms with Gasteiger partial charge in [0.05, 0.1) is 23.4 Å². The van der Waals surface area contributed by atoms with E-state index in [-0.39, 0.29) is 17.9 Å². The molecule has 0 saturated carbocycles. The lowest BCUT2D eigenvalue weighted by atomic mass is 9.94. The first-order valence-electron chi connectivity index (χ1n) is 11.2. The van der Waals surface area contributed by atoms with Crippen molar-refractivity contribution in [3.05, 3.63) is 82.6 Å². The van der Waals surface area contributed by atoms with Crippen molar-refractivity contribution in [1.82, 2.24) is 15.6 Å². The SMILES string of the molecule is O=C(N[C@H](CCOc1ccccc1Cl)c1ncccc1-c1ccc(Cl)cc1)C1CCNCC1. The van der Waals surface area contributed by atoms with E-state index in [4.69, 9.17) is 27.9 Å². The molecule has 1 aliphatic heterocycles. The lowest BCUT2D eigenvalue weighted by Crippen LogP contribution is -2.40. The fourth-order valence-corrected chi connectivity index (χ4v) is 4.38. The van der Waals surface area contributed by atoms with Gasteiger partial charge in [0.25, 0.3) is 0 Å². The molecule has 2 N–H and O–H groups in total. The van der Waals surface area contributed by atoms with E-state index in [2.05, 4.69) is 15.6 Å². The van der Waals surface area contributed by atoms with E-state index in [1.165, 1.54) is 0 Å². The van der Waals surface area contributed by atoms with Gasteiger partial charge in [0, 0.05) is 29.1 Å². The maximum absolute atomic E-state index is 13.1. The van der Waals surface area contributed by atoms with Gasteiger partial charge >= 0.3 is 0 Å². The zero-order valence-electron chi connectivity index (χ0n) is 18.3. The number of piperidine rings is 1. The molecule has 172 valence electrons. The highest BCUT2D eigenvalue weighted by molar-refractivity contribution is 6.32. The summed E-state index contributed by atoms with van der Waals surface area (Å²) in [5, 5.41) is 7.81. The van der Waals surface area contributed by atoms with Crippen LogP contribution in [0, 0.1) is 5.92 Å². The van der Waals surface area contributed by atoms with Crippen molar-refractivity contribution in [2.24, 2.45) is 5.92 Å². The van der Waals surface area contributed by atoms with Crippen LogP contribution in [0.1, 0.15) is 31.0 Å². The van der Waals surface area contributed by atoms with Gasteiger partial charge in [-0.05, 0) is 61.8 Å². The van der Waals surface area contributed by atoms with Crippen molar-refractivity contribution >= 4 is 29.1 Å². The number of benzene rings is 2. The average molecular weight is 484 g/mol. The van der Waals surface area contributed by atoms with Gasteiger partial charge < -0.3 is 15.4 Å². The standard InChI is InChI=1S/C26H27Cl2N3O2/c27-20-9-7-18(8-10-20)21-4-3-14-30-25(21)23(31-26(32)19-11-15-29-16-12-19)13-17-33-24-6-2-1-5-22(24)28/h1-10,14,19,23,29H,11-13,15-17H2,(H,31,32)/t23-/m1/s1. The predicted octanol–water partition coefficient (Wildman–Crippen LogP) is 5.68. The van der Waals surface area contributed by atoms with E-state index in [1.807, 2.05) is 54.6 Å². The van der Waals surface area contributed by atoms with E-state index in [1.54, 1.807) is 12.3 Å². The Kier molecular flexibility index (Phi) is 8.21. The number of hydrogen-bond acceptors (Lipinski definition) is 4. The van der Waals surface area contributed by atoms with Crippen LogP contribution in [0.4, 0.5) is 0 Å². The predicted molar refractivity (Wildman–Crippen MR) is 133 cm³/mol. The fourth-order valence-electron chi connectivity index (χ4n) is 4.07. The summed E-state index contributed by atoms with van der Waals surface area (Å²) in [6, 6.07) is 18.6. The summed E-state index contributed by atoms with van der Waals surface area (Å²) in [6.45, 7) is 2.10. The summed E-state index contributed by atoms with van der Waals surface area (Å²) in [7, 11) is 0. The summed E-state index contributed by atoms with van der Waals surface area (Å²) in [4.78, 5) is 17.8. The summed E-state index contributed by atoms with van der Waals surface area (Å²) in [5.41, 5.74) is 2.77. The number of hydrogen-bond donors (Lipinski definition) is 2. The van der Waals surface area contributed by atoms with Crippen molar-refractivity contribution in [1.29, 1.82) is 0 Å². The van der Waals surface area contributed by atoms with Gasteiger partial charge in [0.2, 0.25) is 5.91 Å². The molecule has 0 bridgehead atoms. The topological polar surface area (TPSA) is 63.2 Å². The number of pyridine rings is 1. The highest BCUT2D eigenvalue weighted by atomic mass is 35.5. The number of carbonyl (C=O) groups is 1. The van der Waals surface area contributed by atoms with Crippen LogP contribution in [-0.2, 0) is 4.79 Å². The van der Waals surface area contributed by atoms with Crippen molar-refractivity contribution in [3.8, 4) is 16.9 Å². The minimum absolute atomic E-state index is 0.000861. The molecule has 1 atom stereocenters. The quantitative estimate of drug-likeness (QED) is 0.432. The normalized spacial score (nSPS) is 15.1. The smallest absolute Gasteiger partial charge is 0.223 e. The molecule has 0 spiro atoms. The number of halogens is 2. The van der Waals surface area contributed by atoms with Crippen molar-refractivity contribution in [3.63, 3.8) is 0 Å². The molecule has 33 heavy (non-hydrogen) atoms. The number of carbonyl (C=O) groups excluding carboxylic acids is 1. The Morgan fingerprint density at radius 2 is 1.82 bits per heavy atom. The zero-order chi connectivity index (χ0) is 23.0. The molecule has 3 aromatic rings. The molecule has 1 amide bonds. The second kappa shape index (κ2) is 11.5. The Morgan fingerprint density at radius 3 is 2.58 bits per heavy atom. The second-order valence-electron chi connectivity index (χ2n) is 8.10. The Balaban J connectivity index is 1.57. The van der Waals surface area contributed by atoms with Crippen LogP contribution in [0.15, 0.2) is 66.9 Å². The molecule has 4 rings (SSSR count). The molecule has 2 heterocycles. The average Bonchev–Trinajstić information content (AvgIpc) is 2.85. The number of nitrogens with one attached hydrogen (secondary N) is 2. The Morgan fingerprint density at radius 1 is 1.06 bits per heavy atom.